The maximum Gasteiger partial charge on any atom is 0.259 e. The Hall–Kier alpha value is -2.86. The van der Waals surface area contributed by atoms with Gasteiger partial charge < -0.3 is 9.47 Å². The Bertz CT molecular complexity index is 1490. The number of aryl methyl sites for hydroxylation is 1. The Balaban J connectivity index is 1.25. The second kappa shape index (κ2) is 9.22. The fourth-order valence-electron chi connectivity index (χ4n) is 4.27. The highest BCUT2D eigenvalue weighted by atomic mass is 35.5. The first-order valence-corrected chi connectivity index (χ1v) is 13.4. The number of pyridine rings is 2. The number of anilines is 1. The van der Waals surface area contributed by atoms with Crippen molar-refractivity contribution in [3.63, 3.8) is 0 Å². The van der Waals surface area contributed by atoms with Crippen molar-refractivity contribution in [3.05, 3.63) is 47.1 Å². The average molecular weight is 541 g/mol. The summed E-state index contributed by atoms with van der Waals surface area (Å²) in [6.07, 6.45) is 8.16. The van der Waals surface area contributed by atoms with Gasteiger partial charge in [0.1, 0.15) is 15.9 Å². The average Bonchev–Trinajstić information content (AvgIpc) is 3.32. The van der Waals surface area contributed by atoms with Crippen LogP contribution in [0.4, 0.5) is 5.13 Å². The van der Waals surface area contributed by atoms with E-state index < -0.39 is 0 Å². The molecule has 1 atom stereocenters. The molecule has 4 aromatic heterocycles. The fraction of sp³-hybridized carbons (Fsp3) is 0.333. The lowest BCUT2D eigenvalue weighted by Gasteiger charge is -2.13. The summed E-state index contributed by atoms with van der Waals surface area (Å²) >= 11 is 9.11. The van der Waals surface area contributed by atoms with Crippen LogP contribution in [-0.2, 0) is 4.74 Å². The molecule has 1 unspecified atom stereocenters. The third-order valence-corrected chi connectivity index (χ3v) is 8.36. The molecule has 1 saturated carbocycles. The van der Waals surface area contributed by atoms with E-state index in [1.54, 1.807) is 31.1 Å². The minimum Gasteiger partial charge on any atom is -0.494 e. The number of carbonyl (C=O) groups excluding carboxylic acids is 1. The number of aromatic nitrogens is 5. The molecule has 0 radical (unpaired) electrons. The van der Waals surface area contributed by atoms with Gasteiger partial charge in [0.15, 0.2) is 15.6 Å². The predicted molar refractivity (Wildman–Crippen MR) is 139 cm³/mol. The van der Waals surface area contributed by atoms with Gasteiger partial charge >= 0.3 is 0 Å². The molecule has 12 heteroatoms. The molecule has 184 valence electrons. The quantitative estimate of drug-likeness (QED) is 0.330. The van der Waals surface area contributed by atoms with Crippen LogP contribution in [0.25, 0.3) is 21.6 Å². The summed E-state index contributed by atoms with van der Waals surface area (Å²) in [6.45, 7) is 2.60. The fourth-order valence-corrected chi connectivity index (χ4v) is 6.40. The second-order valence-corrected chi connectivity index (χ2v) is 11.5. The zero-order valence-electron chi connectivity index (χ0n) is 19.4. The molecule has 1 spiro atoms. The normalized spacial score (nSPS) is 18.0. The number of fused-ring (bicyclic) bond motifs is 1. The number of rotatable bonds is 6. The Labute approximate surface area is 220 Å². The van der Waals surface area contributed by atoms with E-state index in [1.165, 1.54) is 23.7 Å². The number of methoxy groups -OCH3 is 1. The van der Waals surface area contributed by atoms with E-state index >= 15 is 0 Å². The predicted octanol–water partition coefficient (Wildman–Crippen LogP) is 5.18. The molecule has 1 aliphatic carbocycles. The lowest BCUT2D eigenvalue weighted by molar-refractivity contribution is 0.0912. The van der Waals surface area contributed by atoms with Gasteiger partial charge in [0, 0.05) is 28.3 Å². The summed E-state index contributed by atoms with van der Waals surface area (Å²) in [4.78, 5) is 36.0. The van der Waals surface area contributed by atoms with E-state index in [0.29, 0.717) is 48.5 Å². The Morgan fingerprint density at radius 2 is 2.06 bits per heavy atom. The largest absolute Gasteiger partial charge is 0.494 e. The van der Waals surface area contributed by atoms with Gasteiger partial charge in [-0.15, -0.1) is 0 Å². The zero-order valence-corrected chi connectivity index (χ0v) is 21.8. The minimum atomic E-state index is -0.362. The van der Waals surface area contributed by atoms with E-state index in [2.05, 4.69) is 25.3 Å². The Morgan fingerprint density at radius 1 is 1.19 bits per heavy atom. The van der Waals surface area contributed by atoms with Gasteiger partial charge in [-0.3, -0.25) is 15.1 Å². The van der Waals surface area contributed by atoms with E-state index in [4.69, 9.17) is 26.1 Å². The molecular formula is C24H21ClN6O3S2. The van der Waals surface area contributed by atoms with Gasteiger partial charge in [0.25, 0.3) is 5.91 Å². The van der Waals surface area contributed by atoms with Crippen LogP contribution in [0.2, 0.25) is 5.15 Å². The smallest absolute Gasteiger partial charge is 0.259 e. The van der Waals surface area contributed by atoms with Crippen LogP contribution in [0.3, 0.4) is 0 Å². The number of amides is 1. The van der Waals surface area contributed by atoms with Crippen molar-refractivity contribution in [2.75, 3.05) is 19.0 Å². The van der Waals surface area contributed by atoms with Crippen molar-refractivity contribution >= 4 is 56.2 Å². The number of thiazole rings is 1. The van der Waals surface area contributed by atoms with Gasteiger partial charge in [-0.2, -0.15) is 4.98 Å². The van der Waals surface area contributed by atoms with E-state index in [0.717, 1.165) is 36.6 Å². The lowest BCUT2D eigenvalue weighted by atomic mass is 10.0. The van der Waals surface area contributed by atoms with Crippen LogP contribution in [0.5, 0.6) is 5.75 Å². The number of hydrogen-bond donors (Lipinski definition) is 1. The molecule has 2 fully saturated rings. The zero-order chi connectivity index (χ0) is 24.9. The van der Waals surface area contributed by atoms with Crippen molar-refractivity contribution in [2.45, 2.75) is 42.1 Å². The molecule has 1 N–H and O–H groups in total. The topological polar surface area (TPSA) is 112 Å². The van der Waals surface area contributed by atoms with Crippen LogP contribution in [0, 0.1) is 6.92 Å². The van der Waals surface area contributed by atoms with Crippen molar-refractivity contribution in [1.29, 1.82) is 0 Å². The maximum absolute atomic E-state index is 13.3. The first-order valence-electron chi connectivity index (χ1n) is 11.3. The highest BCUT2D eigenvalue weighted by Gasteiger charge is 2.50. The Morgan fingerprint density at radius 3 is 2.83 bits per heavy atom. The first-order chi connectivity index (χ1) is 17.4. The van der Waals surface area contributed by atoms with Crippen LogP contribution in [0.15, 0.2) is 35.7 Å². The number of nitrogens with one attached hydrogen (secondary N) is 1. The highest BCUT2D eigenvalue weighted by Crippen LogP contribution is 2.50. The number of carbonyl (C=O) groups is 1. The molecule has 0 aromatic carbocycles. The molecule has 6 rings (SSSR count). The summed E-state index contributed by atoms with van der Waals surface area (Å²) < 4.78 is 11.4. The number of halogens is 1. The van der Waals surface area contributed by atoms with Gasteiger partial charge in [-0.05, 0) is 38.3 Å². The van der Waals surface area contributed by atoms with Crippen LogP contribution in [-0.4, -0.2) is 55.4 Å². The monoisotopic (exact) mass is 540 g/mol. The van der Waals surface area contributed by atoms with E-state index in [-0.39, 0.29) is 11.5 Å². The number of nitrogens with zero attached hydrogens (tertiary/aromatic N) is 5. The highest BCUT2D eigenvalue weighted by molar-refractivity contribution is 7.99. The molecule has 9 nitrogen and oxygen atoms in total. The van der Waals surface area contributed by atoms with Crippen molar-refractivity contribution in [3.8, 4) is 16.9 Å². The van der Waals surface area contributed by atoms with Crippen LogP contribution in [0.1, 0.15) is 35.3 Å². The molecule has 0 bridgehead atoms. The molecule has 1 aliphatic heterocycles. The van der Waals surface area contributed by atoms with Crippen molar-refractivity contribution < 1.29 is 14.3 Å². The first kappa shape index (κ1) is 23.5. The van der Waals surface area contributed by atoms with Crippen molar-refractivity contribution in [2.24, 2.45) is 0 Å². The number of hydrogen-bond acceptors (Lipinski definition) is 10. The van der Waals surface area contributed by atoms with E-state index in [9.17, 15) is 4.79 Å². The van der Waals surface area contributed by atoms with Gasteiger partial charge in [-0.1, -0.05) is 34.7 Å². The Kier molecular flexibility index (Phi) is 6.03. The maximum atomic E-state index is 13.3. The minimum absolute atomic E-state index is 0.131. The molecular weight excluding hydrogens is 520 g/mol. The standard InChI is InChI=1S/C24H21ClN6O3S2/c1-12-5-14(15-6-18(25)27-9-17(15)33-2)16(8-26-12)21(32)31-23-30-20-22(36-23)29-19(10-28-20)35-13-7-24(3-4-24)34-11-13/h5-6,8-10,13H,3-4,7,11H2,1-2H3,(H,28,30,31,32). The molecule has 2 aliphatic rings. The van der Waals surface area contributed by atoms with Crippen LogP contribution >= 0.6 is 34.7 Å². The summed E-state index contributed by atoms with van der Waals surface area (Å²) in [7, 11) is 1.54. The number of ether oxygens (including phenoxy) is 2. The number of thioether (sulfide) groups is 1. The SMILES string of the molecule is COc1cnc(Cl)cc1-c1cc(C)ncc1C(=O)Nc1nc2ncc(SC3COC4(CC4)C3)nc2s1. The lowest BCUT2D eigenvalue weighted by Crippen LogP contribution is -2.14. The molecule has 1 amide bonds. The second-order valence-electron chi connectivity index (χ2n) is 8.83. The van der Waals surface area contributed by atoms with Gasteiger partial charge in [0.2, 0.25) is 0 Å². The summed E-state index contributed by atoms with van der Waals surface area (Å²) in [5.41, 5.74) is 3.00. The third-order valence-electron chi connectivity index (χ3n) is 6.22. The van der Waals surface area contributed by atoms with Crippen LogP contribution < -0.4 is 10.1 Å². The summed E-state index contributed by atoms with van der Waals surface area (Å²) in [6, 6.07) is 3.48. The van der Waals surface area contributed by atoms with E-state index in [1.807, 2.05) is 13.0 Å². The third kappa shape index (κ3) is 4.63. The summed E-state index contributed by atoms with van der Waals surface area (Å²) in [5, 5.41) is 4.79. The van der Waals surface area contributed by atoms with Gasteiger partial charge in [-0.25, -0.2) is 15.0 Å². The molecule has 36 heavy (non-hydrogen) atoms. The summed E-state index contributed by atoms with van der Waals surface area (Å²) in [5.74, 6) is 0.136. The molecule has 5 heterocycles. The molecule has 4 aromatic rings. The van der Waals surface area contributed by atoms with Crippen molar-refractivity contribution in [1.82, 2.24) is 24.9 Å². The van der Waals surface area contributed by atoms with Gasteiger partial charge in [0.05, 0.1) is 37.3 Å². The molecule has 1 saturated heterocycles.